The second kappa shape index (κ2) is 11.4. The van der Waals surface area contributed by atoms with Crippen LogP contribution in [0.3, 0.4) is 0 Å². The minimum Gasteiger partial charge on any atom is -0.306 e. The molecule has 1 rings (SSSR count). The molecule has 1 fully saturated rings. The predicted molar refractivity (Wildman–Crippen MR) is 71.4 cm³/mol. The van der Waals surface area contributed by atoms with Gasteiger partial charge in [0, 0.05) is 6.04 Å². The Kier molecular flexibility index (Phi) is 13.6. The van der Waals surface area contributed by atoms with Crippen molar-refractivity contribution in [3.8, 4) is 0 Å². The molecule has 0 saturated heterocycles. The van der Waals surface area contributed by atoms with Gasteiger partial charge in [-0.1, -0.05) is 20.8 Å². The maximum Gasteiger partial charge on any atom is 0.00893 e. The van der Waals surface area contributed by atoms with Crippen molar-refractivity contribution in [1.82, 2.24) is 4.90 Å². The molecule has 0 unspecified atom stereocenters. The summed E-state index contributed by atoms with van der Waals surface area (Å²) in [5.74, 6) is 0.983. The van der Waals surface area contributed by atoms with Gasteiger partial charge in [0.05, 0.1) is 0 Å². The third kappa shape index (κ3) is 7.69. The summed E-state index contributed by atoms with van der Waals surface area (Å²) < 4.78 is 0. The van der Waals surface area contributed by atoms with Gasteiger partial charge in [-0.2, -0.15) is 12.6 Å². The van der Waals surface area contributed by atoms with Crippen molar-refractivity contribution in [1.29, 1.82) is 0 Å². The summed E-state index contributed by atoms with van der Waals surface area (Å²) in [5.41, 5.74) is 0. The summed E-state index contributed by atoms with van der Waals surface area (Å²) in [6.45, 7) is 6.37. The van der Waals surface area contributed by atoms with E-state index in [0.717, 1.165) is 12.0 Å². The highest BCUT2D eigenvalue weighted by molar-refractivity contribution is 7.79. The third-order valence-electron chi connectivity index (χ3n) is 2.72. The number of nitrogens with zero attached hydrogens (tertiary/aromatic N) is 1. The van der Waals surface area contributed by atoms with Crippen molar-refractivity contribution in [3.63, 3.8) is 0 Å². The van der Waals surface area contributed by atoms with Crippen LogP contribution in [0.25, 0.3) is 0 Å². The summed E-state index contributed by atoms with van der Waals surface area (Å²) in [4.78, 5) is 2.37. The van der Waals surface area contributed by atoms with E-state index in [1.807, 2.05) is 13.8 Å². The van der Waals surface area contributed by atoms with Gasteiger partial charge in [-0.15, -0.1) is 0 Å². The van der Waals surface area contributed by atoms with Gasteiger partial charge in [-0.3, -0.25) is 0 Å². The molecular formula is C12H29NS. The van der Waals surface area contributed by atoms with E-state index in [4.69, 9.17) is 0 Å². The van der Waals surface area contributed by atoms with E-state index in [2.05, 4.69) is 38.5 Å². The Morgan fingerprint density at radius 3 is 1.57 bits per heavy atom. The Balaban J connectivity index is 0. The maximum atomic E-state index is 3.53. The standard InChI is InChI=1S/C9H19N.C2H6.CH4S/c1-8-4-6-9(7-5-8)10(2)3;2*1-2/h8-9H,4-7H2,1-3H3;1-2H3;2H,1H3. The van der Waals surface area contributed by atoms with Gasteiger partial charge in [0.15, 0.2) is 0 Å². The highest BCUT2D eigenvalue weighted by Crippen LogP contribution is 2.25. The average Bonchev–Trinajstić information content (AvgIpc) is 2.24. The lowest BCUT2D eigenvalue weighted by Gasteiger charge is -2.30. The smallest absolute Gasteiger partial charge is 0.00893 e. The number of hydrogen-bond donors (Lipinski definition) is 1. The molecule has 0 aromatic carbocycles. The quantitative estimate of drug-likeness (QED) is 0.658. The Morgan fingerprint density at radius 2 is 1.29 bits per heavy atom. The second-order valence-electron chi connectivity index (χ2n) is 3.88. The van der Waals surface area contributed by atoms with Gasteiger partial charge in [0.2, 0.25) is 0 Å². The third-order valence-corrected chi connectivity index (χ3v) is 2.72. The first kappa shape index (κ1) is 16.7. The maximum absolute atomic E-state index is 3.53. The van der Waals surface area contributed by atoms with Crippen molar-refractivity contribution in [2.75, 3.05) is 20.4 Å². The monoisotopic (exact) mass is 219 g/mol. The van der Waals surface area contributed by atoms with Crippen LogP contribution in [-0.2, 0) is 0 Å². The van der Waals surface area contributed by atoms with Gasteiger partial charge in [0.25, 0.3) is 0 Å². The lowest BCUT2D eigenvalue weighted by Crippen LogP contribution is -2.31. The van der Waals surface area contributed by atoms with Gasteiger partial charge in [-0.05, 0) is 52.0 Å². The summed E-state index contributed by atoms with van der Waals surface area (Å²) in [5, 5.41) is 0. The fraction of sp³-hybridized carbons (Fsp3) is 1.00. The molecule has 0 bridgehead atoms. The first-order chi connectivity index (χ1) is 6.70. The van der Waals surface area contributed by atoms with E-state index >= 15 is 0 Å². The van der Waals surface area contributed by atoms with Crippen LogP contribution in [0.1, 0.15) is 46.5 Å². The van der Waals surface area contributed by atoms with E-state index in [1.54, 1.807) is 6.26 Å². The number of thiol groups is 1. The van der Waals surface area contributed by atoms with Gasteiger partial charge >= 0.3 is 0 Å². The van der Waals surface area contributed by atoms with Crippen LogP contribution >= 0.6 is 12.6 Å². The van der Waals surface area contributed by atoms with Crippen molar-refractivity contribution in [2.45, 2.75) is 52.5 Å². The van der Waals surface area contributed by atoms with E-state index in [9.17, 15) is 0 Å². The summed E-state index contributed by atoms with van der Waals surface area (Å²) >= 11 is 3.53. The van der Waals surface area contributed by atoms with Crippen LogP contribution in [0.15, 0.2) is 0 Å². The molecule has 2 heteroatoms. The molecule has 0 heterocycles. The zero-order valence-corrected chi connectivity index (χ0v) is 11.8. The molecule has 1 nitrogen and oxygen atoms in total. The number of hydrogen-bond acceptors (Lipinski definition) is 2. The minimum absolute atomic E-state index is 0.871. The number of rotatable bonds is 1. The fourth-order valence-corrected chi connectivity index (χ4v) is 1.76. The van der Waals surface area contributed by atoms with Gasteiger partial charge < -0.3 is 4.90 Å². The van der Waals surface area contributed by atoms with Crippen LogP contribution in [0, 0.1) is 5.92 Å². The second-order valence-corrected chi connectivity index (χ2v) is 3.88. The lowest BCUT2D eigenvalue weighted by molar-refractivity contribution is 0.200. The average molecular weight is 219 g/mol. The Hall–Kier alpha value is 0.310. The molecule has 88 valence electrons. The fourth-order valence-electron chi connectivity index (χ4n) is 1.76. The Bertz CT molecular complexity index is 96.5. The molecule has 0 atom stereocenters. The molecule has 0 radical (unpaired) electrons. The molecular weight excluding hydrogens is 190 g/mol. The minimum atomic E-state index is 0.871. The molecule has 0 amide bonds. The Labute approximate surface area is 96.7 Å². The van der Waals surface area contributed by atoms with Gasteiger partial charge in [-0.25, -0.2) is 0 Å². The van der Waals surface area contributed by atoms with Crippen molar-refractivity contribution in [3.05, 3.63) is 0 Å². The molecule has 1 aliphatic carbocycles. The molecule has 0 spiro atoms. The molecule has 1 aliphatic rings. The topological polar surface area (TPSA) is 3.24 Å². The zero-order valence-electron chi connectivity index (χ0n) is 10.9. The predicted octanol–water partition coefficient (Wildman–Crippen LogP) is 3.70. The van der Waals surface area contributed by atoms with Crippen LogP contribution in [0.4, 0.5) is 0 Å². The lowest BCUT2D eigenvalue weighted by atomic mass is 9.87. The van der Waals surface area contributed by atoms with Crippen LogP contribution in [0.5, 0.6) is 0 Å². The molecule has 0 aliphatic heterocycles. The van der Waals surface area contributed by atoms with Gasteiger partial charge in [0.1, 0.15) is 0 Å². The highest BCUT2D eigenvalue weighted by atomic mass is 32.1. The first-order valence-electron chi connectivity index (χ1n) is 5.81. The molecule has 0 aromatic rings. The first-order valence-corrected chi connectivity index (χ1v) is 6.70. The van der Waals surface area contributed by atoms with E-state index in [-0.39, 0.29) is 0 Å². The van der Waals surface area contributed by atoms with Crippen molar-refractivity contribution in [2.24, 2.45) is 5.92 Å². The van der Waals surface area contributed by atoms with Crippen LogP contribution < -0.4 is 0 Å². The van der Waals surface area contributed by atoms with Crippen molar-refractivity contribution >= 4 is 12.6 Å². The molecule has 14 heavy (non-hydrogen) atoms. The molecule has 0 N–H and O–H groups in total. The molecule has 0 aromatic heterocycles. The van der Waals surface area contributed by atoms with E-state index in [1.165, 1.54) is 25.7 Å². The van der Waals surface area contributed by atoms with E-state index in [0.29, 0.717) is 0 Å². The zero-order chi connectivity index (χ0) is 11.6. The summed E-state index contributed by atoms with van der Waals surface area (Å²) in [6.07, 6.45) is 7.38. The highest BCUT2D eigenvalue weighted by Gasteiger charge is 2.18. The summed E-state index contributed by atoms with van der Waals surface area (Å²) in [7, 11) is 4.39. The normalized spacial score (nSPS) is 25.7. The largest absolute Gasteiger partial charge is 0.306 e. The summed E-state index contributed by atoms with van der Waals surface area (Å²) in [6, 6.07) is 0.871. The van der Waals surface area contributed by atoms with E-state index < -0.39 is 0 Å². The van der Waals surface area contributed by atoms with Crippen LogP contribution in [-0.4, -0.2) is 31.3 Å². The SMILES string of the molecule is CC.CC1CCC(N(C)C)CC1.CS. The molecule has 1 saturated carbocycles. The Morgan fingerprint density at radius 1 is 0.929 bits per heavy atom. The van der Waals surface area contributed by atoms with Crippen LogP contribution in [0.2, 0.25) is 0 Å². The van der Waals surface area contributed by atoms with Crippen molar-refractivity contribution < 1.29 is 0 Å².